The Hall–Kier alpha value is -4.11. The standard InChI is InChI=1S/C25H26N4O.C6H14N2O2/c26-24-23-22(28-25(29(23)15-14-27-24)19-10-5-2-6-11-19)20-12-7-13-21(16-20)30-17-18-8-3-1-4-9-18;1-8(2)5-3-4-7-6(9)10/h1,3-4,7-9,12-16,19H,2,5-6,10-11,17H2,(H2,26,27);7H,3-5H2,1-2H3,(H,9,10). The summed E-state index contributed by atoms with van der Waals surface area (Å²) in [6.45, 7) is 1.99. The maximum Gasteiger partial charge on any atom is 0.404 e. The highest BCUT2D eigenvalue weighted by molar-refractivity contribution is 5.85. The normalized spacial score (nSPS) is 13.6. The van der Waals surface area contributed by atoms with E-state index in [1.807, 2.05) is 61.6 Å². The molecule has 2 aromatic carbocycles. The smallest absolute Gasteiger partial charge is 0.404 e. The molecule has 2 aromatic heterocycles. The molecule has 4 aromatic rings. The van der Waals surface area contributed by atoms with Crippen molar-refractivity contribution in [2.24, 2.45) is 0 Å². The predicted molar refractivity (Wildman–Crippen MR) is 159 cm³/mol. The molecule has 9 nitrogen and oxygen atoms in total. The molecule has 4 N–H and O–H groups in total. The number of ether oxygens (including phenoxy) is 1. The number of nitrogen functional groups attached to an aromatic ring is 1. The van der Waals surface area contributed by atoms with Gasteiger partial charge in [-0.05, 0) is 57.6 Å². The van der Waals surface area contributed by atoms with Crippen LogP contribution >= 0.6 is 0 Å². The van der Waals surface area contributed by atoms with Crippen molar-refractivity contribution in [3.63, 3.8) is 0 Å². The number of imidazole rings is 1. The van der Waals surface area contributed by atoms with Crippen LogP contribution in [0, 0.1) is 0 Å². The molecule has 5 rings (SSSR count). The molecule has 0 saturated heterocycles. The lowest BCUT2D eigenvalue weighted by molar-refractivity contribution is 0.194. The fourth-order valence-electron chi connectivity index (χ4n) is 5.00. The minimum atomic E-state index is -0.946. The fraction of sp³-hybridized carbons (Fsp3) is 0.387. The first kappa shape index (κ1) is 28.9. The molecule has 0 unspecified atom stereocenters. The maximum atomic E-state index is 9.92. The quantitative estimate of drug-likeness (QED) is 0.228. The Morgan fingerprint density at radius 2 is 1.90 bits per heavy atom. The highest BCUT2D eigenvalue weighted by Gasteiger charge is 2.24. The molecule has 1 aliphatic carbocycles. The Bertz CT molecular complexity index is 1370. The van der Waals surface area contributed by atoms with Gasteiger partial charge in [-0.1, -0.05) is 61.7 Å². The number of fused-ring (bicyclic) bond motifs is 1. The number of aromatic nitrogens is 3. The van der Waals surface area contributed by atoms with Crippen LogP contribution in [0.3, 0.4) is 0 Å². The Morgan fingerprint density at radius 1 is 1.12 bits per heavy atom. The monoisotopic (exact) mass is 544 g/mol. The van der Waals surface area contributed by atoms with E-state index >= 15 is 0 Å². The van der Waals surface area contributed by atoms with E-state index in [9.17, 15) is 4.79 Å². The summed E-state index contributed by atoms with van der Waals surface area (Å²) in [5, 5.41) is 10.4. The average Bonchev–Trinajstić information content (AvgIpc) is 3.37. The van der Waals surface area contributed by atoms with Crippen molar-refractivity contribution in [3.05, 3.63) is 78.4 Å². The third kappa shape index (κ3) is 7.95. The van der Waals surface area contributed by atoms with Crippen molar-refractivity contribution in [2.45, 2.75) is 51.0 Å². The van der Waals surface area contributed by atoms with Crippen LogP contribution in [0.15, 0.2) is 67.0 Å². The van der Waals surface area contributed by atoms with Crippen molar-refractivity contribution in [1.82, 2.24) is 24.6 Å². The van der Waals surface area contributed by atoms with Gasteiger partial charge in [0.2, 0.25) is 0 Å². The lowest BCUT2D eigenvalue weighted by atomic mass is 9.89. The molecule has 2 heterocycles. The van der Waals surface area contributed by atoms with Crippen LogP contribution in [-0.4, -0.2) is 57.7 Å². The number of hydrogen-bond donors (Lipinski definition) is 3. The molecule has 0 radical (unpaired) electrons. The number of carboxylic acid groups (broad SMARTS) is 1. The molecule has 1 amide bonds. The van der Waals surface area contributed by atoms with Crippen LogP contribution in [0.4, 0.5) is 10.6 Å². The minimum Gasteiger partial charge on any atom is -0.489 e. The van der Waals surface area contributed by atoms with Crippen molar-refractivity contribution >= 4 is 17.4 Å². The van der Waals surface area contributed by atoms with E-state index in [1.54, 1.807) is 6.20 Å². The van der Waals surface area contributed by atoms with Crippen molar-refractivity contribution < 1.29 is 14.6 Å². The third-order valence-electron chi connectivity index (χ3n) is 6.99. The fourth-order valence-corrected chi connectivity index (χ4v) is 5.00. The molecule has 0 aliphatic heterocycles. The Balaban J connectivity index is 0.000000318. The van der Waals surface area contributed by atoms with E-state index in [4.69, 9.17) is 20.6 Å². The second-order valence-corrected chi connectivity index (χ2v) is 10.4. The topological polar surface area (TPSA) is 118 Å². The number of rotatable bonds is 9. The van der Waals surface area contributed by atoms with Crippen LogP contribution in [0.5, 0.6) is 5.75 Å². The van der Waals surface area contributed by atoms with Crippen molar-refractivity contribution in [3.8, 4) is 17.0 Å². The highest BCUT2D eigenvalue weighted by Crippen LogP contribution is 2.37. The number of amides is 1. The largest absolute Gasteiger partial charge is 0.489 e. The summed E-state index contributed by atoms with van der Waals surface area (Å²) in [6, 6.07) is 18.3. The number of anilines is 1. The van der Waals surface area contributed by atoms with E-state index < -0.39 is 6.09 Å². The van der Waals surface area contributed by atoms with Crippen LogP contribution in [0.2, 0.25) is 0 Å². The van der Waals surface area contributed by atoms with Gasteiger partial charge in [0.25, 0.3) is 0 Å². The van der Waals surface area contributed by atoms with Gasteiger partial charge in [-0.25, -0.2) is 14.8 Å². The summed E-state index contributed by atoms with van der Waals surface area (Å²) in [4.78, 5) is 21.4. The number of hydrogen-bond acceptors (Lipinski definition) is 6. The first-order valence-corrected chi connectivity index (χ1v) is 13.9. The molecule has 0 bridgehead atoms. The number of carbonyl (C=O) groups is 1. The molecule has 1 fully saturated rings. The minimum absolute atomic E-state index is 0.472. The first-order chi connectivity index (χ1) is 19.4. The van der Waals surface area contributed by atoms with E-state index in [2.05, 4.69) is 32.9 Å². The van der Waals surface area contributed by atoms with Gasteiger partial charge in [-0.3, -0.25) is 4.40 Å². The SMILES string of the molecule is CN(C)CCCNC(=O)O.Nc1nccn2c(C3CCCCC3)nc(-c3cccc(OCc4ccccc4)c3)c12. The van der Waals surface area contributed by atoms with E-state index in [-0.39, 0.29) is 0 Å². The molecule has 0 spiro atoms. The van der Waals surface area contributed by atoms with Gasteiger partial charge in [0, 0.05) is 30.4 Å². The van der Waals surface area contributed by atoms with Crippen molar-refractivity contribution in [2.75, 3.05) is 32.9 Å². The molecule has 212 valence electrons. The van der Waals surface area contributed by atoms with Gasteiger partial charge >= 0.3 is 6.09 Å². The van der Waals surface area contributed by atoms with Crippen LogP contribution < -0.4 is 15.8 Å². The Kier molecular flexibility index (Phi) is 10.3. The van der Waals surface area contributed by atoms with Crippen molar-refractivity contribution in [1.29, 1.82) is 0 Å². The third-order valence-corrected chi connectivity index (χ3v) is 6.99. The number of nitrogens with one attached hydrogen (secondary N) is 1. The van der Waals surface area contributed by atoms with Gasteiger partial charge in [-0.15, -0.1) is 0 Å². The van der Waals surface area contributed by atoms with E-state index in [0.717, 1.165) is 46.9 Å². The van der Waals surface area contributed by atoms with E-state index in [0.29, 0.717) is 24.9 Å². The average molecular weight is 545 g/mol. The molecular formula is C31H40N6O3. The molecule has 1 saturated carbocycles. The molecular weight excluding hydrogens is 504 g/mol. The van der Waals surface area contributed by atoms with Gasteiger partial charge in [0.15, 0.2) is 0 Å². The summed E-state index contributed by atoms with van der Waals surface area (Å²) in [5.74, 6) is 2.90. The number of nitrogens with two attached hydrogens (primary N) is 1. The highest BCUT2D eigenvalue weighted by atomic mass is 16.5. The van der Waals surface area contributed by atoms with Gasteiger partial charge in [0.05, 0.1) is 0 Å². The Labute approximate surface area is 236 Å². The van der Waals surface area contributed by atoms with Gasteiger partial charge < -0.3 is 25.8 Å². The summed E-state index contributed by atoms with van der Waals surface area (Å²) in [6.07, 6.45) is 9.87. The number of benzene rings is 2. The zero-order chi connectivity index (χ0) is 28.3. The summed E-state index contributed by atoms with van der Waals surface area (Å²) in [5.41, 5.74) is 10.2. The lowest BCUT2D eigenvalue weighted by Gasteiger charge is -2.20. The van der Waals surface area contributed by atoms with Gasteiger partial charge in [0.1, 0.15) is 35.2 Å². The second kappa shape index (κ2) is 14.3. The maximum absolute atomic E-state index is 9.92. The predicted octanol–water partition coefficient (Wildman–Crippen LogP) is 5.81. The van der Waals surface area contributed by atoms with Gasteiger partial charge in [-0.2, -0.15) is 0 Å². The van der Waals surface area contributed by atoms with Crippen LogP contribution in [0.25, 0.3) is 16.8 Å². The second-order valence-electron chi connectivity index (χ2n) is 10.4. The Morgan fingerprint density at radius 3 is 2.62 bits per heavy atom. The lowest BCUT2D eigenvalue weighted by Crippen LogP contribution is -2.25. The summed E-state index contributed by atoms with van der Waals surface area (Å²) in [7, 11) is 3.92. The number of nitrogens with zero attached hydrogens (tertiary/aromatic N) is 4. The van der Waals surface area contributed by atoms with E-state index in [1.165, 1.54) is 32.1 Å². The summed E-state index contributed by atoms with van der Waals surface area (Å²) >= 11 is 0. The molecule has 1 aliphatic rings. The van der Waals surface area contributed by atoms with Crippen LogP contribution in [0.1, 0.15) is 55.8 Å². The molecule has 9 heteroatoms. The molecule has 40 heavy (non-hydrogen) atoms. The summed E-state index contributed by atoms with van der Waals surface area (Å²) < 4.78 is 8.18. The first-order valence-electron chi connectivity index (χ1n) is 13.9. The zero-order valence-corrected chi connectivity index (χ0v) is 23.4. The molecule has 0 atom stereocenters. The zero-order valence-electron chi connectivity index (χ0n) is 23.4. The van der Waals surface area contributed by atoms with Crippen LogP contribution in [-0.2, 0) is 6.61 Å².